The van der Waals surface area contributed by atoms with Crippen LogP contribution in [0.5, 0.6) is 11.5 Å². The molecule has 1 unspecified atom stereocenters. The van der Waals surface area contributed by atoms with Crippen molar-refractivity contribution in [2.45, 2.75) is 38.6 Å². The summed E-state index contributed by atoms with van der Waals surface area (Å²) in [5, 5.41) is 0. The second-order valence-corrected chi connectivity index (χ2v) is 8.73. The Morgan fingerprint density at radius 3 is 2.62 bits per heavy atom. The highest BCUT2D eigenvalue weighted by Crippen LogP contribution is 2.37. The van der Waals surface area contributed by atoms with E-state index in [-0.39, 0.29) is 30.3 Å². The first-order chi connectivity index (χ1) is 14.3. The summed E-state index contributed by atoms with van der Waals surface area (Å²) in [6.07, 6.45) is 10.0. The van der Waals surface area contributed by atoms with Crippen molar-refractivity contribution < 1.29 is 14.9 Å². The maximum atomic E-state index is 5.58. The molecule has 3 aliphatic rings. The maximum absolute atomic E-state index is 5.58. The monoisotopic (exact) mass is 483 g/mol. The van der Waals surface area contributed by atoms with E-state index in [1.165, 1.54) is 62.1 Å². The molecule has 2 N–H and O–H groups in total. The lowest BCUT2D eigenvalue weighted by Crippen LogP contribution is -2.42. The maximum Gasteiger partial charge on any atom is 0.231 e. The molecule has 3 aliphatic heterocycles. The molecule has 2 aromatic rings. The third kappa shape index (κ3) is 6.49. The van der Waals surface area contributed by atoms with Crippen molar-refractivity contribution >= 4 is 24.8 Å². The van der Waals surface area contributed by atoms with Crippen molar-refractivity contribution in [3.05, 3.63) is 53.3 Å². The number of benzene rings is 1. The lowest BCUT2D eigenvalue weighted by atomic mass is 9.94. The van der Waals surface area contributed by atoms with Crippen LogP contribution in [-0.2, 0) is 19.4 Å². The number of hydrogen-bond acceptors (Lipinski definition) is 5. The molecule has 0 bridgehead atoms. The molecular weight excluding hydrogens is 449 g/mol. The fourth-order valence-electron chi connectivity index (χ4n) is 5.08. The van der Waals surface area contributed by atoms with Gasteiger partial charge in [-0.05, 0) is 86.0 Å². The van der Waals surface area contributed by atoms with Gasteiger partial charge < -0.3 is 19.8 Å². The molecule has 1 atom stereocenters. The lowest BCUT2D eigenvalue weighted by molar-refractivity contribution is 0.126. The molecule has 178 valence electrons. The van der Waals surface area contributed by atoms with E-state index < -0.39 is 0 Å². The smallest absolute Gasteiger partial charge is 0.231 e. The number of likely N-dealkylation sites (tertiary alicyclic amines) is 1. The van der Waals surface area contributed by atoms with Crippen LogP contribution in [0.25, 0.3) is 0 Å². The molecule has 0 amide bonds. The normalized spacial score (nSPS) is 19.8. The Labute approximate surface area is 203 Å². The first-order valence-corrected chi connectivity index (χ1v) is 11.1. The number of rotatable bonds is 6. The molecule has 32 heavy (non-hydrogen) atoms. The predicted molar refractivity (Wildman–Crippen MR) is 131 cm³/mol. The van der Waals surface area contributed by atoms with Crippen LogP contribution >= 0.6 is 24.8 Å². The van der Waals surface area contributed by atoms with E-state index in [0.717, 1.165) is 43.3 Å². The Kier molecular flexibility index (Phi) is 10.5. The molecule has 1 fully saturated rings. The van der Waals surface area contributed by atoms with Crippen LogP contribution in [0.1, 0.15) is 36.0 Å². The van der Waals surface area contributed by atoms with Crippen molar-refractivity contribution in [2.75, 3.05) is 39.5 Å². The summed E-state index contributed by atoms with van der Waals surface area (Å²) in [6.45, 7) is 7.49. The number of halogens is 2. The van der Waals surface area contributed by atoms with Crippen LogP contribution in [0.2, 0.25) is 0 Å². The average Bonchev–Trinajstić information content (AvgIpc) is 3.20. The highest BCUT2D eigenvalue weighted by molar-refractivity contribution is 5.85. The lowest BCUT2D eigenvalue weighted by Gasteiger charge is -2.37. The Bertz CT molecular complexity index is 841. The van der Waals surface area contributed by atoms with Crippen molar-refractivity contribution in [1.29, 1.82) is 0 Å². The minimum absolute atomic E-state index is 0. The first kappa shape index (κ1) is 26.7. The van der Waals surface area contributed by atoms with Crippen molar-refractivity contribution in [3.63, 3.8) is 0 Å². The van der Waals surface area contributed by atoms with Crippen LogP contribution in [0.15, 0.2) is 36.7 Å². The zero-order valence-electron chi connectivity index (χ0n) is 18.5. The summed E-state index contributed by atoms with van der Waals surface area (Å²) in [5.74, 6) is 2.63. The molecule has 0 aliphatic carbocycles. The standard InChI is InChI=1S/C24H31N3O2.2ClH.H2O/c1-4-19(14-25-8-1)5-2-9-26-10-3-6-20(15-26)16-27-11-7-21-12-23-24(29-18-28-23)13-22(21)17-27;;;/h1,4,8,12-14,20H,2-3,5-7,9-11,15-18H2;2*1H;1H2. The summed E-state index contributed by atoms with van der Waals surface area (Å²) in [7, 11) is 0. The number of fused-ring (bicyclic) bond motifs is 2. The average molecular weight is 484 g/mol. The number of ether oxygens (including phenoxy) is 2. The molecule has 0 spiro atoms. The van der Waals surface area contributed by atoms with Crippen LogP contribution in [-0.4, -0.2) is 59.8 Å². The topological polar surface area (TPSA) is 69.3 Å². The van der Waals surface area contributed by atoms with E-state index in [2.05, 4.69) is 33.0 Å². The summed E-state index contributed by atoms with van der Waals surface area (Å²) in [5.41, 5.74) is 4.21. The Morgan fingerprint density at radius 1 is 1.03 bits per heavy atom. The second kappa shape index (κ2) is 12.6. The van der Waals surface area contributed by atoms with Crippen molar-refractivity contribution in [2.24, 2.45) is 5.92 Å². The summed E-state index contributed by atoms with van der Waals surface area (Å²) >= 11 is 0. The van der Waals surface area contributed by atoms with Gasteiger partial charge in [0.2, 0.25) is 6.79 Å². The zero-order chi connectivity index (χ0) is 19.5. The Hall–Kier alpha value is -1.57. The molecule has 6 nitrogen and oxygen atoms in total. The van der Waals surface area contributed by atoms with Gasteiger partial charge in [0.1, 0.15) is 0 Å². The van der Waals surface area contributed by atoms with Gasteiger partial charge in [0, 0.05) is 38.6 Å². The van der Waals surface area contributed by atoms with E-state index in [0.29, 0.717) is 6.79 Å². The molecule has 4 heterocycles. The van der Waals surface area contributed by atoms with Gasteiger partial charge in [-0.3, -0.25) is 9.88 Å². The van der Waals surface area contributed by atoms with Crippen molar-refractivity contribution in [3.8, 4) is 11.5 Å². The van der Waals surface area contributed by atoms with E-state index >= 15 is 0 Å². The summed E-state index contributed by atoms with van der Waals surface area (Å²) < 4.78 is 11.1. The Morgan fingerprint density at radius 2 is 1.84 bits per heavy atom. The molecule has 1 saturated heterocycles. The van der Waals surface area contributed by atoms with Crippen LogP contribution in [0.4, 0.5) is 0 Å². The van der Waals surface area contributed by atoms with E-state index in [1.807, 2.05) is 18.5 Å². The van der Waals surface area contributed by atoms with Gasteiger partial charge in [-0.1, -0.05) is 6.07 Å². The first-order valence-electron chi connectivity index (χ1n) is 11.1. The molecule has 1 aromatic heterocycles. The van der Waals surface area contributed by atoms with E-state index in [9.17, 15) is 0 Å². The molecule has 0 saturated carbocycles. The molecule has 0 radical (unpaired) electrons. The number of aromatic nitrogens is 1. The van der Waals surface area contributed by atoms with Gasteiger partial charge in [0.15, 0.2) is 11.5 Å². The third-order valence-corrected chi connectivity index (χ3v) is 6.57. The van der Waals surface area contributed by atoms with E-state index in [4.69, 9.17) is 9.47 Å². The molecule has 8 heteroatoms. The largest absolute Gasteiger partial charge is 0.454 e. The van der Waals surface area contributed by atoms with Gasteiger partial charge in [-0.2, -0.15) is 0 Å². The number of aryl methyl sites for hydroxylation is 1. The number of pyridine rings is 1. The van der Waals surface area contributed by atoms with E-state index in [1.54, 1.807) is 0 Å². The van der Waals surface area contributed by atoms with Gasteiger partial charge in [-0.25, -0.2) is 0 Å². The molecule has 5 rings (SSSR count). The minimum atomic E-state index is 0. The molecular formula is C24H35Cl2N3O3. The fraction of sp³-hybridized carbons (Fsp3) is 0.542. The number of nitrogens with zero attached hydrogens (tertiary/aromatic N) is 3. The van der Waals surface area contributed by atoms with Crippen LogP contribution in [0, 0.1) is 5.92 Å². The third-order valence-electron chi connectivity index (χ3n) is 6.57. The fourth-order valence-corrected chi connectivity index (χ4v) is 5.08. The highest BCUT2D eigenvalue weighted by Gasteiger charge is 2.26. The van der Waals surface area contributed by atoms with Gasteiger partial charge >= 0.3 is 0 Å². The SMILES string of the molecule is Cl.Cl.O.c1cncc(CCCN2CCCC(CN3CCc4cc5c(cc4C3)OCO5)C2)c1. The highest BCUT2D eigenvalue weighted by atomic mass is 35.5. The van der Waals surface area contributed by atoms with Gasteiger partial charge in [-0.15, -0.1) is 24.8 Å². The predicted octanol–water partition coefficient (Wildman–Crippen LogP) is 3.53. The number of piperidine rings is 1. The summed E-state index contributed by atoms with van der Waals surface area (Å²) in [4.78, 5) is 9.56. The quantitative estimate of drug-likeness (QED) is 0.628. The molecule has 1 aromatic carbocycles. The minimum Gasteiger partial charge on any atom is -0.454 e. The van der Waals surface area contributed by atoms with Crippen LogP contribution in [0.3, 0.4) is 0 Å². The van der Waals surface area contributed by atoms with Crippen LogP contribution < -0.4 is 9.47 Å². The zero-order valence-corrected chi connectivity index (χ0v) is 20.1. The van der Waals surface area contributed by atoms with Crippen molar-refractivity contribution in [1.82, 2.24) is 14.8 Å². The second-order valence-electron chi connectivity index (χ2n) is 8.73. The Balaban J connectivity index is 0.00000121. The number of hydrogen-bond donors (Lipinski definition) is 0. The van der Waals surface area contributed by atoms with Gasteiger partial charge in [0.05, 0.1) is 0 Å². The van der Waals surface area contributed by atoms with Gasteiger partial charge in [0.25, 0.3) is 0 Å². The summed E-state index contributed by atoms with van der Waals surface area (Å²) in [6, 6.07) is 8.62.